The van der Waals surface area contributed by atoms with E-state index in [1.807, 2.05) is 0 Å². The molecule has 4 heterocycles. The minimum absolute atomic E-state index is 0.841. The van der Waals surface area contributed by atoms with Gasteiger partial charge < -0.3 is 18.1 Å². The molecule has 4 aliphatic rings. The fraction of sp³-hybridized carbons (Fsp3) is 0.111. The molecule has 0 aliphatic carbocycles. The number of fused-ring (bicyclic) bond motifs is 12. The van der Waals surface area contributed by atoms with Crippen LogP contribution in [0.25, 0.3) is 44.5 Å². The zero-order chi connectivity index (χ0) is 42.4. The summed E-state index contributed by atoms with van der Waals surface area (Å²) in [6.45, 7) is 1.68. The Kier molecular flexibility index (Phi) is 11.0. The van der Waals surface area contributed by atoms with Gasteiger partial charge in [-0.3, -0.25) is 0 Å². The molecule has 64 heavy (non-hydrogen) atoms. The van der Waals surface area contributed by atoms with Crippen LogP contribution >= 0.6 is 33.2 Å². The Morgan fingerprint density at radius 1 is 0.250 bits per heavy atom. The van der Waals surface area contributed by atoms with Gasteiger partial charge in [0.05, 0.1) is 0 Å². The van der Waals surface area contributed by atoms with Crippen molar-refractivity contribution in [2.45, 2.75) is 25.7 Å². The summed E-state index contributed by atoms with van der Waals surface area (Å²) >= 11 is 0. The molecule has 4 unspecified atom stereocenters. The third-order valence-corrected chi connectivity index (χ3v) is 21.3. The van der Waals surface area contributed by atoms with Crippen molar-refractivity contribution >= 4 is 54.4 Å². The predicted octanol–water partition coefficient (Wildman–Crippen LogP) is 13.9. The smallest absolute Gasteiger partial charge is 0.204 e. The summed E-state index contributed by atoms with van der Waals surface area (Å²) < 4.78 is 33.7. The van der Waals surface area contributed by atoms with Gasteiger partial charge in [-0.05, 0) is 83.6 Å². The fourth-order valence-electron chi connectivity index (χ4n) is 9.17. The number of hydrogen-bond donors (Lipinski definition) is 0. The molecule has 8 aromatic carbocycles. The zero-order valence-electron chi connectivity index (χ0n) is 35.0. The monoisotopic (exact) mass is 908 g/mol. The van der Waals surface area contributed by atoms with Gasteiger partial charge in [0.25, 0.3) is 0 Å². The number of rotatable bonds is 11. The second-order valence-electron chi connectivity index (χ2n) is 16.1. The maximum Gasteiger partial charge on any atom is 0.204 e. The minimum atomic E-state index is -1.22. The highest BCUT2D eigenvalue weighted by atomic mass is 31.2. The van der Waals surface area contributed by atoms with Crippen LogP contribution in [-0.4, -0.2) is 22.0 Å². The number of benzene rings is 8. The molecule has 314 valence electrons. The molecular weight excluding hydrogens is 864 g/mol. The Labute approximate surface area is 380 Å². The van der Waals surface area contributed by atoms with Gasteiger partial charge in [-0.15, -0.1) is 0 Å². The van der Waals surface area contributed by atoms with Crippen molar-refractivity contribution in [3.05, 3.63) is 194 Å². The SMILES string of the molecule is c1ccc2c(c1)OP(N(CCCCCCN(P1Oc3ccccc3-c3ccccc31)P1Oc3ccccc3-c3ccccc31)P1Oc3ccccc3-c3ccccc31)c1ccccc1-2. The van der Waals surface area contributed by atoms with Gasteiger partial charge in [0.1, 0.15) is 23.0 Å². The Hall–Kier alpha value is -5.40. The van der Waals surface area contributed by atoms with Crippen molar-refractivity contribution in [2.24, 2.45) is 0 Å². The summed E-state index contributed by atoms with van der Waals surface area (Å²) in [6, 6.07) is 69.1. The van der Waals surface area contributed by atoms with Gasteiger partial charge in [-0.2, -0.15) is 8.88 Å². The second kappa shape index (κ2) is 17.5. The molecule has 0 aromatic heterocycles. The maximum absolute atomic E-state index is 7.12. The molecule has 0 fully saturated rings. The predicted molar refractivity (Wildman–Crippen MR) is 268 cm³/mol. The molecule has 10 heteroatoms. The van der Waals surface area contributed by atoms with Gasteiger partial charge in [0.15, 0.2) is 0 Å². The van der Waals surface area contributed by atoms with Gasteiger partial charge in [-0.1, -0.05) is 158 Å². The second-order valence-corrected chi connectivity index (χ2v) is 23.5. The third-order valence-electron chi connectivity index (χ3n) is 12.2. The number of unbranched alkanes of at least 4 members (excludes halogenated alkanes) is 3. The molecule has 0 bridgehead atoms. The molecule has 0 saturated carbocycles. The highest BCUT2D eigenvalue weighted by Gasteiger charge is 2.42. The fourth-order valence-corrected chi connectivity index (χ4v) is 18.8. The van der Waals surface area contributed by atoms with Crippen molar-refractivity contribution < 1.29 is 18.1 Å². The highest BCUT2D eigenvalue weighted by molar-refractivity contribution is 7.74. The summed E-state index contributed by atoms with van der Waals surface area (Å²) in [7, 11) is -4.87. The van der Waals surface area contributed by atoms with Crippen molar-refractivity contribution in [3.63, 3.8) is 0 Å². The van der Waals surface area contributed by atoms with E-state index in [1.54, 1.807) is 0 Å². The lowest BCUT2D eigenvalue weighted by Gasteiger charge is -2.41. The molecule has 0 saturated heterocycles. The minimum Gasteiger partial charge on any atom is -0.453 e. The van der Waals surface area contributed by atoms with Crippen LogP contribution in [0, 0.1) is 0 Å². The summed E-state index contributed by atoms with van der Waals surface area (Å²) in [5.74, 6) is 3.74. The first-order valence-electron chi connectivity index (χ1n) is 22.0. The van der Waals surface area contributed by atoms with Gasteiger partial charge in [0.2, 0.25) is 33.2 Å². The van der Waals surface area contributed by atoms with E-state index in [0.717, 1.165) is 84.0 Å². The molecule has 0 spiro atoms. The van der Waals surface area contributed by atoms with Crippen molar-refractivity contribution in [1.29, 1.82) is 0 Å². The van der Waals surface area contributed by atoms with Gasteiger partial charge in [0, 0.05) is 56.6 Å². The van der Waals surface area contributed by atoms with E-state index < -0.39 is 33.2 Å². The highest BCUT2D eigenvalue weighted by Crippen LogP contribution is 2.64. The summed E-state index contributed by atoms with van der Waals surface area (Å²) in [4.78, 5) is 0. The van der Waals surface area contributed by atoms with Gasteiger partial charge >= 0.3 is 0 Å². The lowest BCUT2D eigenvalue weighted by molar-refractivity contribution is 0.477. The van der Waals surface area contributed by atoms with Crippen LogP contribution in [0.4, 0.5) is 0 Å². The van der Waals surface area contributed by atoms with E-state index in [0.29, 0.717) is 0 Å². The standard InChI is InChI=1S/C54H44N2O4P4/c1(19-37-55(61-51-33-15-7-25-43(51)39-21-3-11-29-47(39)57-61)62-52-34-16-8-26-44(52)40-22-4-12-30-48(40)58-62)2-20-38-56(63-53-35-17-9-27-45(53)41-23-5-13-31-49(41)59-63)64-54-36-18-10-28-46(54)42-24-6-14-32-50(42)60-64/h3-18,21-36H,1-2,19-20,37-38H2. The van der Waals surface area contributed by atoms with E-state index in [2.05, 4.69) is 203 Å². The first-order valence-corrected chi connectivity index (χ1v) is 26.8. The van der Waals surface area contributed by atoms with Gasteiger partial charge in [-0.25, -0.2) is 0 Å². The average Bonchev–Trinajstić information content (AvgIpc) is 3.36. The maximum atomic E-state index is 7.12. The van der Waals surface area contributed by atoms with Crippen LogP contribution in [0.3, 0.4) is 0 Å². The Morgan fingerprint density at radius 3 is 0.734 bits per heavy atom. The number of nitrogens with zero attached hydrogens (tertiary/aromatic N) is 2. The van der Waals surface area contributed by atoms with Crippen LogP contribution in [0.2, 0.25) is 0 Å². The van der Waals surface area contributed by atoms with E-state index in [-0.39, 0.29) is 0 Å². The van der Waals surface area contributed by atoms with Crippen LogP contribution in [0.15, 0.2) is 194 Å². The summed E-state index contributed by atoms with van der Waals surface area (Å²) in [5.41, 5.74) is 9.56. The number of para-hydroxylation sites is 4. The Bertz CT molecular complexity index is 2620. The summed E-state index contributed by atoms with van der Waals surface area (Å²) in [5, 5.41) is 4.95. The lowest BCUT2D eigenvalue weighted by Crippen LogP contribution is -2.32. The van der Waals surface area contributed by atoms with E-state index in [4.69, 9.17) is 18.1 Å². The average molecular weight is 909 g/mol. The first-order chi connectivity index (χ1) is 31.8. The molecule has 12 rings (SSSR count). The van der Waals surface area contributed by atoms with E-state index in [9.17, 15) is 0 Å². The van der Waals surface area contributed by atoms with Crippen LogP contribution in [0.1, 0.15) is 25.7 Å². The van der Waals surface area contributed by atoms with Crippen LogP contribution in [-0.2, 0) is 0 Å². The van der Waals surface area contributed by atoms with Crippen LogP contribution in [0.5, 0.6) is 23.0 Å². The zero-order valence-corrected chi connectivity index (χ0v) is 38.6. The molecule has 0 radical (unpaired) electrons. The Morgan fingerprint density at radius 2 is 0.469 bits per heavy atom. The molecule has 6 nitrogen and oxygen atoms in total. The number of hydrogen-bond acceptors (Lipinski definition) is 6. The van der Waals surface area contributed by atoms with E-state index in [1.165, 1.54) is 43.5 Å². The normalized spacial score (nSPS) is 18.2. The molecule has 4 aliphatic heterocycles. The molecule has 0 N–H and O–H groups in total. The summed E-state index contributed by atoms with van der Waals surface area (Å²) in [6.07, 6.45) is 4.12. The lowest BCUT2D eigenvalue weighted by atomic mass is 10.0. The van der Waals surface area contributed by atoms with Crippen molar-refractivity contribution in [2.75, 3.05) is 13.1 Å². The third kappa shape index (κ3) is 7.23. The molecule has 4 atom stereocenters. The van der Waals surface area contributed by atoms with E-state index >= 15 is 0 Å². The van der Waals surface area contributed by atoms with Crippen molar-refractivity contribution in [3.8, 4) is 67.5 Å². The molecular formula is C54H44N2O4P4. The Balaban J connectivity index is 0.839. The molecule has 0 amide bonds. The first kappa shape index (κ1) is 40.1. The molecule has 8 aromatic rings. The topological polar surface area (TPSA) is 43.4 Å². The largest absolute Gasteiger partial charge is 0.453 e. The van der Waals surface area contributed by atoms with Crippen molar-refractivity contribution in [1.82, 2.24) is 8.88 Å². The van der Waals surface area contributed by atoms with Crippen LogP contribution < -0.4 is 39.3 Å². The quantitative estimate of drug-likeness (QED) is 0.0952.